The number of fused-ring (bicyclic) bond motifs is 1. The Morgan fingerprint density at radius 1 is 1.42 bits per heavy atom. The van der Waals surface area contributed by atoms with E-state index >= 15 is 0 Å². The molecule has 0 amide bonds. The van der Waals surface area contributed by atoms with Gasteiger partial charge < -0.3 is 5.73 Å². The molecule has 1 heterocycles. The summed E-state index contributed by atoms with van der Waals surface area (Å²) in [7, 11) is 0. The number of allylic oxidation sites excluding steroid dienone is 1. The van der Waals surface area contributed by atoms with Gasteiger partial charge in [-0.25, -0.2) is 9.97 Å². The second kappa shape index (κ2) is 3.54. The van der Waals surface area contributed by atoms with Crippen LogP contribution in [0.2, 0.25) is 0 Å². The first-order valence-corrected chi connectivity index (χ1v) is 3.64. The number of nitrogens with zero attached hydrogens (tertiary/aromatic N) is 2. The maximum atomic E-state index is 5.43. The van der Waals surface area contributed by atoms with Crippen molar-refractivity contribution in [2.75, 3.05) is 5.73 Å². The molecule has 0 bridgehead atoms. The van der Waals surface area contributed by atoms with Crippen LogP contribution in [0.15, 0.2) is 12.3 Å². The lowest BCUT2D eigenvalue weighted by atomic mass is 10.0. The molecule has 1 aromatic heterocycles. The molecular weight excluding hydrogens is 174 g/mol. The maximum absolute atomic E-state index is 5.43. The normalized spacial score (nSPS) is 13.3. The lowest BCUT2D eigenvalue weighted by Gasteiger charge is -2.07. The van der Waals surface area contributed by atoms with Crippen molar-refractivity contribution in [2.24, 2.45) is 0 Å². The van der Waals surface area contributed by atoms with Crippen LogP contribution in [0.5, 0.6) is 0 Å². The maximum Gasteiger partial charge on any atom is 0.220 e. The van der Waals surface area contributed by atoms with Gasteiger partial charge in [0.1, 0.15) is 0 Å². The zero-order valence-corrected chi connectivity index (χ0v) is 7.34. The third-order valence-electron chi connectivity index (χ3n) is 1.77. The first kappa shape index (κ1) is 9.00. The van der Waals surface area contributed by atoms with Gasteiger partial charge in [0.2, 0.25) is 5.95 Å². The molecule has 0 spiro atoms. The smallest absolute Gasteiger partial charge is 0.220 e. The molecule has 12 heavy (non-hydrogen) atoms. The number of nitrogens with two attached hydrogens (primary N) is 1. The van der Waals surface area contributed by atoms with Crippen molar-refractivity contribution in [3.63, 3.8) is 0 Å². The van der Waals surface area contributed by atoms with Crippen molar-refractivity contribution >= 4 is 24.4 Å². The first-order valence-electron chi connectivity index (χ1n) is 3.64. The molecule has 1 aromatic rings. The minimum absolute atomic E-state index is 0. The lowest BCUT2D eigenvalue weighted by Crippen LogP contribution is -2.02. The number of nitrogen functional groups attached to an aromatic ring is 1. The molecule has 0 saturated heterocycles. The van der Waals surface area contributed by atoms with E-state index in [2.05, 4.69) is 16.0 Å². The fourth-order valence-corrected chi connectivity index (χ4v) is 1.20. The van der Waals surface area contributed by atoms with Crippen LogP contribution in [-0.4, -0.2) is 9.97 Å². The van der Waals surface area contributed by atoms with Crippen molar-refractivity contribution < 1.29 is 0 Å². The van der Waals surface area contributed by atoms with Gasteiger partial charge >= 0.3 is 0 Å². The van der Waals surface area contributed by atoms with Crippen LogP contribution < -0.4 is 5.73 Å². The quantitative estimate of drug-likeness (QED) is 0.662. The SMILES string of the molecule is Cl.Nc1ncc2c(n1)C=CCC2. The number of aromatic nitrogens is 2. The minimum Gasteiger partial charge on any atom is -0.368 e. The number of hydrogen-bond acceptors (Lipinski definition) is 3. The van der Waals surface area contributed by atoms with Gasteiger partial charge in [-0.15, -0.1) is 12.4 Å². The van der Waals surface area contributed by atoms with E-state index in [1.54, 1.807) is 6.20 Å². The zero-order chi connectivity index (χ0) is 7.68. The summed E-state index contributed by atoms with van der Waals surface area (Å²) in [5, 5.41) is 0. The zero-order valence-electron chi connectivity index (χ0n) is 6.53. The Morgan fingerprint density at radius 2 is 2.25 bits per heavy atom. The number of anilines is 1. The van der Waals surface area contributed by atoms with E-state index < -0.39 is 0 Å². The third kappa shape index (κ3) is 1.56. The Labute approximate surface area is 77.1 Å². The molecule has 0 atom stereocenters. The highest BCUT2D eigenvalue weighted by Crippen LogP contribution is 2.15. The van der Waals surface area contributed by atoms with Gasteiger partial charge in [0, 0.05) is 6.20 Å². The summed E-state index contributed by atoms with van der Waals surface area (Å²) in [6.45, 7) is 0. The molecule has 0 aliphatic heterocycles. The molecule has 64 valence electrons. The van der Waals surface area contributed by atoms with Crippen molar-refractivity contribution in [3.05, 3.63) is 23.5 Å². The molecule has 4 heteroatoms. The van der Waals surface area contributed by atoms with Crippen molar-refractivity contribution in [1.29, 1.82) is 0 Å². The minimum atomic E-state index is 0. The van der Waals surface area contributed by atoms with E-state index in [1.165, 1.54) is 5.56 Å². The van der Waals surface area contributed by atoms with E-state index in [0.717, 1.165) is 18.5 Å². The number of aryl methyl sites for hydroxylation is 1. The highest BCUT2D eigenvalue weighted by molar-refractivity contribution is 5.85. The molecule has 2 rings (SSSR count). The predicted octanol–water partition coefficient (Wildman–Crippen LogP) is 1.44. The molecule has 0 saturated carbocycles. The summed E-state index contributed by atoms with van der Waals surface area (Å²) < 4.78 is 0. The van der Waals surface area contributed by atoms with Gasteiger partial charge in [0.15, 0.2) is 0 Å². The van der Waals surface area contributed by atoms with Crippen molar-refractivity contribution in [3.8, 4) is 0 Å². The van der Waals surface area contributed by atoms with Crippen LogP contribution in [0.1, 0.15) is 17.7 Å². The molecule has 2 N–H and O–H groups in total. The van der Waals surface area contributed by atoms with Crippen molar-refractivity contribution in [2.45, 2.75) is 12.8 Å². The number of halogens is 1. The van der Waals surface area contributed by atoms with Crippen LogP contribution in [0.3, 0.4) is 0 Å². The average Bonchev–Trinajstić information content (AvgIpc) is 2.04. The predicted molar refractivity (Wildman–Crippen MR) is 51.0 cm³/mol. The standard InChI is InChI=1S/C8H9N3.ClH/c9-8-10-5-6-3-1-2-4-7(6)11-8;/h2,4-5H,1,3H2,(H2,9,10,11);1H. The molecule has 3 nitrogen and oxygen atoms in total. The van der Waals surface area contributed by atoms with E-state index in [1.807, 2.05) is 6.08 Å². The monoisotopic (exact) mass is 183 g/mol. The fraction of sp³-hybridized carbons (Fsp3) is 0.250. The molecule has 1 aliphatic carbocycles. The molecule has 0 unspecified atom stereocenters. The van der Waals surface area contributed by atoms with Gasteiger partial charge in [0.25, 0.3) is 0 Å². The highest BCUT2D eigenvalue weighted by atomic mass is 35.5. The summed E-state index contributed by atoms with van der Waals surface area (Å²) in [5.74, 6) is 0.357. The Morgan fingerprint density at radius 3 is 3.08 bits per heavy atom. The molecule has 0 fully saturated rings. The molecular formula is C8H10ClN3. The fourth-order valence-electron chi connectivity index (χ4n) is 1.20. The molecule has 0 aromatic carbocycles. The number of rotatable bonds is 0. The second-order valence-corrected chi connectivity index (χ2v) is 2.58. The summed E-state index contributed by atoms with van der Waals surface area (Å²) in [5.41, 5.74) is 7.60. The topological polar surface area (TPSA) is 51.8 Å². The third-order valence-corrected chi connectivity index (χ3v) is 1.77. The van der Waals surface area contributed by atoms with E-state index in [9.17, 15) is 0 Å². The van der Waals surface area contributed by atoms with Gasteiger partial charge in [-0.3, -0.25) is 0 Å². The van der Waals surface area contributed by atoms with Crippen molar-refractivity contribution in [1.82, 2.24) is 9.97 Å². The van der Waals surface area contributed by atoms with Crippen LogP contribution in [-0.2, 0) is 6.42 Å². The number of hydrogen-bond donors (Lipinski definition) is 1. The van der Waals surface area contributed by atoms with Gasteiger partial charge in [-0.05, 0) is 24.5 Å². The van der Waals surface area contributed by atoms with Gasteiger partial charge in [-0.2, -0.15) is 0 Å². The van der Waals surface area contributed by atoms with Crippen LogP contribution in [0, 0.1) is 0 Å². The largest absolute Gasteiger partial charge is 0.368 e. The Balaban J connectivity index is 0.000000720. The molecule has 0 radical (unpaired) electrons. The van der Waals surface area contributed by atoms with Gasteiger partial charge in [-0.1, -0.05) is 6.08 Å². The van der Waals surface area contributed by atoms with Crippen LogP contribution >= 0.6 is 12.4 Å². The summed E-state index contributed by atoms with van der Waals surface area (Å²) in [6, 6.07) is 0. The van der Waals surface area contributed by atoms with E-state index in [-0.39, 0.29) is 12.4 Å². The Hall–Kier alpha value is -1.09. The van der Waals surface area contributed by atoms with Crippen LogP contribution in [0.4, 0.5) is 5.95 Å². The average molecular weight is 184 g/mol. The lowest BCUT2D eigenvalue weighted by molar-refractivity contribution is 0.944. The summed E-state index contributed by atoms with van der Waals surface area (Å²) in [6.07, 6.45) is 8.03. The second-order valence-electron chi connectivity index (χ2n) is 2.58. The van der Waals surface area contributed by atoms with Gasteiger partial charge in [0.05, 0.1) is 5.69 Å². The first-order chi connectivity index (χ1) is 5.36. The highest BCUT2D eigenvalue weighted by Gasteiger charge is 2.05. The van der Waals surface area contributed by atoms with E-state index in [4.69, 9.17) is 5.73 Å². The Bertz CT molecular complexity index is 309. The molecule has 1 aliphatic rings. The summed E-state index contributed by atoms with van der Waals surface area (Å²) >= 11 is 0. The summed E-state index contributed by atoms with van der Waals surface area (Å²) in [4.78, 5) is 8.02. The van der Waals surface area contributed by atoms with E-state index in [0.29, 0.717) is 5.95 Å². The Kier molecular flexibility index (Phi) is 2.65. The van der Waals surface area contributed by atoms with Crippen LogP contribution in [0.25, 0.3) is 6.08 Å².